The minimum absolute atomic E-state index is 0.0464. The van der Waals surface area contributed by atoms with Gasteiger partial charge in [0, 0.05) is 31.6 Å². The molecule has 1 amide bonds. The van der Waals surface area contributed by atoms with Gasteiger partial charge in [0.05, 0.1) is 11.4 Å². The van der Waals surface area contributed by atoms with E-state index in [9.17, 15) is 13.2 Å². The molecule has 0 radical (unpaired) electrons. The highest BCUT2D eigenvalue weighted by Gasteiger charge is 2.29. The maximum Gasteiger partial charge on any atom is 0.269 e. The number of amides is 1. The van der Waals surface area contributed by atoms with Crippen LogP contribution in [0.2, 0.25) is 0 Å². The van der Waals surface area contributed by atoms with Gasteiger partial charge in [-0.05, 0) is 5.56 Å². The number of hydrogen-bond donors (Lipinski definition) is 1. The molecular formula is C21H22N4O3S. The number of hydrogen-bond acceptors (Lipinski definition) is 4. The SMILES string of the molecule is NC(=O)c1nc(-c2ccccc2)n2c1CCN(S(=O)(=O)Cc1ccccc1)CC2. The lowest BCUT2D eigenvalue weighted by molar-refractivity contribution is 0.0995. The topological polar surface area (TPSA) is 98.3 Å². The number of rotatable bonds is 5. The van der Waals surface area contributed by atoms with Gasteiger partial charge in [0.2, 0.25) is 10.0 Å². The molecule has 150 valence electrons. The number of sulfonamides is 1. The Kier molecular flexibility index (Phi) is 5.21. The molecule has 1 aliphatic heterocycles. The molecule has 1 aromatic heterocycles. The smallest absolute Gasteiger partial charge is 0.269 e. The third-order valence-electron chi connectivity index (χ3n) is 5.09. The standard InChI is InChI=1S/C21H22N4O3S/c22-20(26)19-18-11-12-24(29(27,28)15-16-7-3-1-4-8-16)13-14-25(18)21(23-19)17-9-5-2-6-10-17/h1-10H,11-15H2,(H2,22,26). The van der Waals surface area contributed by atoms with E-state index in [0.29, 0.717) is 31.0 Å². The number of benzene rings is 2. The second-order valence-corrected chi connectivity index (χ2v) is 8.97. The van der Waals surface area contributed by atoms with E-state index in [1.54, 1.807) is 0 Å². The second kappa shape index (κ2) is 7.81. The first-order chi connectivity index (χ1) is 14.0. The molecule has 0 aliphatic carbocycles. The highest BCUT2D eigenvalue weighted by molar-refractivity contribution is 7.88. The first-order valence-electron chi connectivity index (χ1n) is 9.42. The fourth-order valence-corrected chi connectivity index (χ4v) is 5.22. The molecule has 0 saturated heterocycles. The summed E-state index contributed by atoms with van der Waals surface area (Å²) in [5.74, 6) is -0.0110. The van der Waals surface area contributed by atoms with Crippen LogP contribution in [0.3, 0.4) is 0 Å². The van der Waals surface area contributed by atoms with Gasteiger partial charge in [0.1, 0.15) is 11.5 Å². The van der Waals surface area contributed by atoms with Gasteiger partial charge in [0.25, 0.3) is 5.91 Å². The molecule has 7 nitrogen and oxygen atoms in total. The van der Waals surface area contributed by atoms with Crippen LogP contribution in [0.5, 0.6) is 0 Å². The van der Waals surface area contributed by atoms with Crippen molar-refractivity contribution in [1.82, 2.24) is 13.9 Å². The van der Waals surface area contributed by atoms with Gasteiger partial charge in [-0.3, -0.25) is 4.79 Å². The van der Waals surface area contributed by atoms with Crippen LogP contribution in [0, 0.1) is 0 Å². The number of nitrogens with two attached hydrogens (primary N) is 1. The number of fused-ring (bicyclic) bond motifs is 1. The zero-order valence-corrected chi connectivity index (χ0v) is 16.7. The zero-order valence-electron chi connectivity index (χ0n) is 15.9. The Balaban J connectivity index is 1.64. The van der Waals surface area contributed by atoms with E-state index in [1.165, 1.54) is 4.31 Å². The molecule has 29 heavy (non-hydrogen) atoms. The second-order valence-electron chi connectivity index (χ2n) is 7.00. The van der Waals surface area contributed by atoms with Crippen LogP contribution in [0.15, 0.2) is 60.7 Å². The predicted molar refractivity (Wildman–Crippen MR) is 111 cm³/mol. The van der Waals surface area contributed by atoms with Crippen molar-refractivity contribution in [3.63, 3.8) is 0 Å². The van der Waals surface area contributed by atoms with E-state index in [4.69, 9.17) is 5.73 Å². The summed E-state index contributed by atoms with van der Waals surface area (Å²) < 4.78 is 29.3. The van der Waals surface area contributed by atoms with Crippen molar-refractivity contribution in [3.05, 3.63) is 77.6 Å². The number of nitrogens with zero attached hydrogens (tertiary/aromatic N) is 3. The molecule has 0 spiro atoms. The molecule has 2 N–H and O–H groups in total. The predicted octanol–water partition coefficient (Wildman–Crippen LogP) is 2.04. The Bertz CT molecular complexity index is 1130. The minimum atomic E-state index is -3.48. The van der Waals surface area contributed by atoms with E-state index in [0.717, 1.165) is 11.1 Å². The summed E-state index contributed by atoms with van der Waals surface area (Å²) in [4.78, 5) is 16.4. The van der Waals surface area contributed by atoms with Gasteiger partial charge in [-0.2, -0.15) is 4.31 Å². The highest BCUT2D eigenvalue weighted by atomic mass is 32.2. The van der Waals surface area contributed by atoms with Crippen molar-refractivity contribution in [2.24, 2.45) is 5.73 Å². The number of carbonyl (C=O) groups is 1. The van der Waals surface area contributed by atoms with Crippen molar-refractivity contribution in [2.75, 3.05) is 13.1 Å². The first kappa shape index (κ1) is 19.4. The van der Waals surface area contributed by atoms with Crippen molar-refractivity contribution in [2.45, 2.75) is 18.7 Å². The molecule has 0 saturated carbocycles. The summed E-state index contributed by atoms with van der Waals surface area (Å²) in [6.45, 7) is 1.01. The largest absolute Gasteiger partial charge is 0.364 e. The number of aromatic nitrogens is 2. The molecule has 0 atom stereocenters. The fourth-order valence-electron chi connectivity index (χ4n) is 3.69. The number of carbonyl (C=O) groups excluding carboxylic acids is 1. The van der Waals surface area contributed by atoms with E-state index in [1.807, 2.05) is 65.2 Å². The normalized spacial score (nSPS) is 14.9. The van der Waals surface area contributed by atoms with E-state index in [-0.39, 0.29) is 18.0 Å². The third kappa shape index (κ3) is 3.94. The monoisotopic (exact) mass is 410 g/mol. The quantitative estimate of drug-likeness (QED) is 0.696. The molecule has 4 rings (SSSR count). The van der Waals surface area contributed by atoms with Crippen LogP contribution in [0.1, 0.15) is 21.7 Å². The van der Waals surface area contributed by atoms with Crippen LogP contribution >= 0.6 is 0 Å². The Morgan fingerprint density at radius 1 is 0.966 bits per heavy atom. The summed E-state index contributed by atoms with van der Waals surface area (Å²) in [6, 6.07) is 18.7. The average Bonchev–Trinajstić information content (AvgIpc) is 2.93. The van der Waals surface area contributed by atoms with E-state index in [2.05, 4.69) is 4.98 Å². The van der Waals surface area contributed by atoms with E-state index < -0.39 is 15.9 Å². The Morgan fingerprint density at radius 2 is 1.62 bits per heavy atom. The van der Waals surface area contributed by atoms with Gasteiger partial charge < -0.3 is 10.3 Å². The maximum absolute atomic E-state index is 13.0. The van der Waals surface area contributed by atoms with E-state index >= 15 is 0 Å². The van der Waals surface area contributed by atoms with Crippen LogP contribution in [-0.2, 0) is 28.7 Å². The molecule has 0 fully saturated rings. The summed E-state index contributed by atoms with van der Waals surface area (Å²) in [6.07, 6.45) is 0.381. The van der Waals surface area contributed by atoms with Crippen molar-refractivity contribution in [3.8, 4) is 11.4 Å². The zero-order chi connectivity index (χ0) is 20.4. The van der Waals surface area contributed by atoms with Crippen LogP contribution in [0.4, 0.5) is 0 Å². The van der Waals surface area contributed by atoms with Gasteiger partial charge in [-0.1, -0.05) is 60.7 Å². The molecule has 8 heteroatoms. The van der Waals surface area contributed by atoms with Gasteiger partial charge >= 0.3 is 0 Å². The Hall–Kier alpha value is -2.97. The van der Waals surface area contributed by atoms with Crippen molar-refractivity contribution < 1.29 is 13.2 Å². The van der Waals surface area contributed by atoms with Gasteiger partial charge in [-0.25, -0.2) is 13.4 Å². The van der Waals surface area contributed by atoms with Crippen molar-refractivity contribution >= 4 is 15.9 Å². The molecule has 0 bridgehead atoms. The lowest BCUT2D eigenvalue weighted by Gasteiger charge is -2.20. The Morgan fingerprint density at radius 3 is 2.28 bits per heavy atom. The molecule has 0 unspecified atom stereocenters. The number of imidazole rings is 1. The van der Waals surface area contributed by atoms with Gasteiger partial charge in [-0.15, -0.1) is 0 Å². The third-order valence-corrected chi connectivity index (χ3v) is 6.94. The maximum atomic E-state index is 13.0. The van der Waals surface area contributed by atoms with Crippen LogP contribution < -0.4 is 5.73 Å². The lowest BCUT2D eigenvalue weighted by Crippen LogP contribution is -2.34. The lowest BCUT2D eigenvalue weighted by atomic mass is 10.2. The molecular weight excluding hydrogens is 388 g/mol. The van der Waals surface area contributed by atoms with Crippen molar-refractivity contribution in [1.29, 1.82) is 0 Å². The van der Waals surface area contributed by atoms with Crippen LogP contribution in [0.25, 0.3) is 11.4 Å². The minimum Gasteiger partial charge on any atom is -0.364 e. The number of primary amides is 1. The highest BCUT2D eigenvalue weighted by Crippen LogP contribution is 2.26. The summed E-state index contributed by atoms with van der Waals surface area (Å²) in [5.41, 5.74) is 8.07. The fraction of sp³-hybridized carbons (Fsp3) is 0.238. The summed E-state index contributed by atoms with van der Waals surface area (Å²) in [7, 11) is -3.48. The molecule has 1 aliphatic rings. The molecule has 2 heterocycles. The molecule has 3 aromatic rings. The van der Waals surface area contributed by atoms with Crippen LogP contribution in [-0.4, -0.2) is 41.3 Å². The summed E-state index contributed by atoms with van der Waals surface area (Å²) >= 11 is 0. The first-order valence-corrected chi connectivity index (χ1v) is 11.0. The average molecular weight is 410 g/mol. The molecule has 2 aromatic carbocycles. The summed E-state index contributed by atoms with van der Waals surface area (Å²) in [5, 5.41) is 0. The van der Waals surface area contributed by atoms with Gasteiger partial charge in [0.15, 0.2) is 0 Å². The Labute approximate surface area is 169 Å².